The molecular weight excluding hydrogens is 720 g/mol. The van der Waals surface area contributed by atoms with Crippen molar-refractivity contribution in [2.24, 2.45) is 0 Å². The summed E-state index contributed by atoms with van der Waals surface area (Å²) in [5.41, 5.74) is 0. The van der Waals surface area contributed by atoms with Crippen molar-refractivity contribution in [2.45, 2.75) is 190 Å². The summed E-state index contributed by atoms with van der Waals surface area (Å²) in [6, 6.07) is 0. The Hall–Kier alpha value is -2.07. The molecule has 2 aliphatic rings. The average molecular weight is 785 g/mol. The molecule has 0 amide bonds. The molecule has 0 unspecified atom stereocenters. The number of carbonyl (C=O) groups is 3. The fraction of sp³-hybridized carbons (Fsp3) is 0.917. The van der Waals surface area contributed by atoms with Crippen molar-refractivity contribution in [3.05, 3.63) is 0 Å². The van der Waals surface area contributed by atoms with Crippen LogP contribution in [0.15, 0.2) is 0 Å². The fourth-order valence-electron chi connectivity index (χ4n) is 6.36. The first-order chi connectivity index (χ1) is 25.7. The van der Waals surface area contributed by atoms with Gasteiger partial charge in [-0.25, -0.2) is 4.79 Å². The molecule has 2 rings (SSSR count). The summed E-state index contributed by atoms with van der Waals surface area (Å²) >= 11 is 0. The Balaban J connectivity index is 1.88. The van der Waals surface area contributed by atoms with Gasteiger partial charge in [-0.3, -0.25) is 9.59 Å². The van der Waals surface area contributed by atoms with Gasteiger partial charge in [0.1, 0.15) is 49.3 Å². The van der Waals surface area contributed by atoms with Crippen LogP contribution >= 0.6 is 0 Å². The molecule has 0 aromatic rings. The lowest BCUT2D eigenvalue weighted by atomic mass is 9.96. The molecule has 0 radical (unpaired) electrons. The number of hydrogen-bond donors (Lipinski definition) is 9. The second kappa shape index (κ2) is 26.0. The first-order valence-electron chi connectivity index (χ1n) is 19.2. The minimum atomic E-state index is -1.83. The van der Waals surface area contributed by atoms with E-state index in [2.05, 4.69) is 0 Å². The van der Waals surface area contributed by atoms with Crippen molar-refractivity contribution in [1.29, 1.82) is 0 Å². The lowest BCUT2D eigenvalue weighted by Gasteiger charge is -2.46. The molecule has 9 N–H and O–H groups in total. The van der Waals surface area contributed by atoms with E-state index in [1.54, 1.807) is 0 Å². The molecule has 316 valence electrons. The highest BCUT2D eigenvalue weighted by Crippen LogP contribution is 2.31. The predicted molar refractivity (Wildman–Crippen MR) is 186 cm³/mol. The topological polar surface area (TPSA) is 289 Å². The Morgan fingerprint density at radius 3 is 1.83 bits per heavy atom. The number of aliphatic hydroxyl groups is 8. The highest BCUT2D eigenvalue weighted by molar-refractivity contribution is 5.71. The van der Waals surface area contributed by atoms with Crippen LogP contribution in [0.2, 0.25) is 0 Å². The number of hydrogen-bond acceptors (Lipinski definition) is 17. The molecular formula is C36H64O18. The van der Waals surface area contributed by atoms with Crippen molar-refractivity contribution >= 4 is 17.9 Å². The number of carboxylic acid groups (broad SMARTS) is 1. The normalized spacial score (nSPS) is 30.3. The summed E-state index contributed by atoms with van der Waals surface area (Å²) in [6.45, 7) is 1.63. The van der Waals surface area contributed by atoms with Gasteiger partial charge in [0.2, 0.25) is 0 Å². The third-order valence-corrected chi connectivity index (χ3v) is 9.53. The third-order valence-electron chi connectivity index (χ3n) is 9.53. The van der Waals surface area contributed by atoms with Crippen LogP contribution in [0, 0.1) is 0 Å². The third kappa shape index (κ3) is 17.0. The molecule has 0 aliphatic carbocycles. The van der Waals surface area contributed by atoms with E-state index in [9.17, 15) is 55.2 Å². The van der Waals surface area contributed by atoms with Crippen LogP contribution in [-0.2, 0) is 42.8 Å². The quantitative estimate of drug-likeness (QED) is 0.0385. The molecule has 0 spiro atoms. The molecule has 2 aliphatic heterocycles. The number of carboxylic acids is 1. The predicted octanol–water partition coefficient (Wildman–Crippen LogP) is -0.212. The van der Waals surface area contributed by atoms with Gasteiger partial charge in [-0.05, 0) is 25.7 Å². The molecule has 2 heterocycles. The van der Waals surface area contributed by atoms with Gasteiger partial charge in [0.15, 0.2) is 24.8 Å². The summed E-state index contributed by atoms with van der Waals surface area (Å²) < 4.78 is 33.4. The lowest BCUT2D eigenvalue weighted by Crippen LogP contribution is -2.65. The van der Waals surface area contributed by atoms with Crippen LogP contribution in [0.4, 0.5) is 0 Å². The maximum atomic E-state index is 12.6. The Morgan fingerprint density at radius 1 is 0.685 bits per heavy atom. The molecule has 18 nitrogen and oxygen atoms in total. The number of esters is 2. The summed E-state index contributed by atoms with van der Waals surface area (Å²) in [4.78, 5) is 34.9. The van der Waals surface area contributed by atoms with Crippen LogP contribution in [-0.4, -0.2) is 163 Å². The molecule has 0 aromatic carbocycles. The van der Waals surface area contributed by atoms with Crippen molar-refractivity contribution in [3.63, 3.8) is 0 Å². The zero-order valence-corrected chi connectivity index (χ0v) is 31.4. The second-order valence-corrected chi connectivity index (χ2v) is 14.2. The lowest BCUT2D eigenvalue weighted by molar-refractivity contribution is -0.360. The van der Waals surface area contributed by atoms with Gasteiger partial charge in [-0.2, -0.15) is 0 Å². The SMILES string of the molecule is CCC[C@H](O)CC(=O)O[C@H]1[C@H](O[C@H]2[C@H](O)[C@@H](O)[C@H](OCC[C@H](O)CCCCCCCCCCC[C@H](O)C(=O)O)O[C@@H]2COC(C)=O)O[C@H](CO)[C@@H](O)[C@@H]1O. The summed E-state index contributed by atoms with van der Waals surface area (Å²) in [5, 5.41) is 91.6. The Kier molecular flexibility index (Phi) is 23.1. The van der Waals surface area contributed by atoms with Crippen LogP contribution in [0.1, 0.15) is 110 Å². The van der Waals surface area contributed by atoms with E-state index in [1.807, 2.05) is 6.92 Å². The van der Waals surface area contributed by atoms with Gasteiger partial charge in [-0.15, -0.1) is 0 Å². The van der Waals surface area contributed by atoms with Gasteiger partial charge in [0, 0.05) is 6.92 Å². The fourth-order valence-corrected chi connectivity index (χ4v) is 6.36. The van der Waals surface area contributed by atoms with Crippen molar-refractivity contribution in [3.8, 4) is 0 Å². The highest BCUT2D eigenvalue weighted by Gasteiger charge is 2.52. The van der Waals surface area contributed by atoms with Crippen LogP contribution in [0.25, 0.3) is 0 Å². The van der Waals surface area contributed by atoms with Gasteiger partial charge < -0.3 is 74.4 Å². The summed E-state index contributed by atoms with van der Waals surface area (Å²) in [6.07, 6.45) is -9.32. The second-order valence-electron chi connectivity index (χ2n) is 14.2. The molecule has 13 atom stereocenters. The minimum Gasteiger partial charge on any atom is -0.479 e. The largest absolute Gasteiger partial charge is 0.479 e. The molecule has 2 fully saturated rings. The van der Waals surface area contributed by atoms with Crippen molar-refractivity contribution in [1.82, 2.24) is 0 Å². The molecule has 0 saturated carbocycles. The highest BCUT2D eigenvalue weighted by atomic mass is 16.8. The first-order valence-corrected chi connectivity index (χ1v) is 19.2. The van der Waals surface area contributed by atoms with Gasteiger partial charge in [-0.1, -0.05) is 71.1 Å². The van der Waals surface area contributed by atoms with Gasteiger partial charge in [0.05, 0.1) is 31.8 Å². The average Bonchev–Trinajstić information content (AvgIpc) is 3.12. The number of ether oxygens (including phenoxy) is 6. The number of carbonyl (C=O) groups excluding carboxylic acids is 2. The van der Waals surface area contributed by atoms with E-state index in [4.69, 9.17) is 33.5 Å². The zero-order valence-electron chi connectivity index (χ0n) is 31.4. The van der Waals surface area contributed by atoms with E-state index in [1.165, 1.54) is 0 Å². The summed E-state index contributed by atoms with van der Waals surface area (Å²) in [7, 11) is 0. The zero-order chi connectivity index (χ0) is 40.2. The monoisotopic (exact) mass is 784 g/mol. The number of rotatable bonds is 27. The standard InChI is InChI=1S/C36H64O18/c1-3-13-23(40)18-27(42)53-33-29(44)28(43)25(19-37)51-36(33)54-32-26(20-50-21(2)38)52-35(31(46)30(32)45)49-17-16-22(39)14-11-9-7-5-4-6-8-10-12-15-24(41)34(47)48/h22-26,28-33,35-37,39-41,43-46H,3-20H2,1-2H3,(H,47,48)/t22-,23+,24+,25-,26-,28-,29+,30-,31-,32-,33-,35-,36+/m1/s1. The Morgan fingerprint density at radius 2 is 1.26 bits per heavy atom. The van der Waals surface area contributed by atoms with Crippen LogP contribution in [0.5, 0.6) is 0 Å². The van der Waals surface area contributed by atoms with Gasteiger partial charge >= 0.3 is 17.9 Å². The van der Waals surface area contributed by atoms with Crippen LogP contribution < -0.4 is 0 Å². The molecule has 0 aromatic heterocycles. The minimum absolute atomic E-state index is 0.0547. The smallest absolute Gasteiger partial charge is 0.332 e. The summed E-state index contributed by atoms with van der Waals surface area (Å²) in [5.74, 6) is -2.83. The van der Waals surface area contributed by atoms with E-state index in [-0.39, 0.29) is 19.4 Å². The van der Waals surface area contributed by atoms with Crippen LogP contribution in [0.3, 0.4) is 0 Å². The van der Waals surface area contributed by atoms with Crippen molar-refractivity contribution < 1.29 is 88.8 Å². The molecule has 18 heteroatoms. The first kappa shape index (κ1) is 48.1. The Bertz CT molecular complexity index is 1060. The number of unbranched alkanes of at least 4 members (excludes halogenated alkanes) is 8. The van der Waals surface area contributed by atoms with Gasteiger partial charge in [0.25, 0.3) is 0 Å². The van der Waals surface area contributed by atoms with E-state index < -0.39 is 117 Å². The van der Waals surface area contributed by atoms with Crippen molar-refractivity contribution in [2.75, 3.05) is 19.8 Å². The molecule has 0 bridgehead atoms. The van der Waals surface area contributed by atoms with E-state index >= 15 is 0 Å². The maximum Gasteiger partial charge on any atom is 0.332 e. The Labute approximate surface area is 316 Å². The van der Waals surface area contributed by atoms with E-state index in [0.717, 1.165) is 58.3 Å². The maximum absolute atomic E-state index is 12.6. The number of aliphatic carboxylic acids is 1. The van der Waals surface area contributed by atoms with E-state index in [0.29, 0.717) is 25.7 Å². The molecule has 2 saturated heterocycles. The number of aliphatic hydroxyl groups excluding tert-OH is 8. The molecule has 54 heavy (non-hydrogen) atoms.